The second-order valence-electron chi connectivity index (χ2n) is 14.7. The van der Waals surface area contributed by atoms with E-state index in [2.05, 4.69) is 178 Å². The van der Waals surface area contributed by atoms with Crippen LogP contribution >= 0.6 is 0 Å². The van der Waals surface area contributed by atoms with Gasteiger partial charge in [0.15, 0.2) is 0 Å². The van der Waals surface area contributed by atoms with Crippen LogP contribution in [-0.2, 0) is 28.8 Å². The molecule has 1 unspecified atom stereocenters. The van der Waals surface area contributed by atoms with E-state index in [0.717, 1.165) is 0 Å². The minimum atomic E-state index is 0. The zero-order valence-corrected chi connectivity index (χ0v) is 36.2. The molecule has 0 nitrogen and oxygen atoms in total. The molecule has 4 heteroatoms. The van der Waals surface area contributed by atoms with E-state index in [4.69, 9.17) is 0 Å². The zero-order valence-electron chi connectivity index (χ0n) is 31.2. The predicted molar refractivity (Wildman–Crippen MR) is 208 cm³/mol. The molecule has 0 spiro atoms. The fourth-order valence-electron chi connectivity index (χ4n) is 6.23. The quantitative estimate of drug-likeness (QED) is 0.119. The molecule has 6 rings (SSSR count). The third-order valence-electron chi connectivity index (χ3n) is 8.91. The molecule has 0 aliphatic rings. The minimum Gasteiger partial charge on any atom is -1.00 e. The molecular formula is C45H54Cl2SiZr-2. The van der Waals surface area contributed by atoms with Crippen molar-refractivity contribution in [2.45, 2.75) is 98.6 Å². The van der Waals surface area contributed by atoms with E-state index in [1.54, 1.807) is 23.3 Å². The Balaban J connectivity index is 0.000000301. The number of fused-ring (bicyclic) bond motifs is 2. The average Bonchev–Trinajstić information content (AvgIpc) is 3.64. The molecule has 6 aromatic rings. The predicted octanol–water partition coefficient (Wildman–Crippen LogP) is 7.88. The maximum atomic E-state index is 2.41. The van der Waals surface area contributed by atoms with Crippen LogP contribution in [0.25, 0.3) is 43.8 Å². The van der Waals surface area contributed by atoms with E-state index in [-0.39, 0.29) is 35.7 Å². The Hall–Kier alpha value is -2.22. The van der Waals surface area contributed by atoms with Gasteiger partial charge in [0.25, 0.3) is 0 Å². The summed E-state index contributed by atoms with van der Waals surface area (Å²) in [5, 5.41) is 5.45. The van der Waals surface area contributed by atoms with Gasteiger partial charge in [-0.3, -0.25) is 0 Å². The number of rotatable bonds is 6. The van der Waals surface area contributed by atoms with Crippen molar-refractivity contribution in [3.63, 3.8) is 0 Å². The molecule has 0 fully saturated rings. The first-order chi connectivity index (χ1) is 22.3. The molecule has 0 amide bonds. The van der Waals surface area contributed by atoms with Crippen LogP contribution in [0.2, 0.25) is 13.1 Å². The van der Waals surface area contributed by atoms with Crippen molar-refractivity contribution in [3.8, 4) is 22.3 Å². The number of hydrogen-bond acceptors (Lipinski definition) is 0. The second-order valence-corrected chi connectivity index (χ2v) is 24.1. The molecule has 1 atom stereocenters. The van der Waals surface area contributed by atoms with Gasteiger partial charge >= 0.3 is 41.9 Å². The van der Waals surface area contributed by atoms with Gasteiger partial charge in [0.2, 0.25) is 0 Å². The summed E-state index contributed by atoms with van der Waals surface area (Å²) in [6.07, 6.45) is 2.50. The molecule has 0 aliphatic heterocycles. The fourth-order valence-corrected chi connectivity index (χ4v) is 6.23. The van der Waals surface area contributed by atoms with Gasteiger partial charge in [0, 0.05) is 0 Å². The van der Waals surface area contributed by atoms with Crippen molar-refractivity contribution in [1.82, 2.24) is 0 Å². The van der Waals surface area contributed by atoms with Crippen molar-refractivity contribution in [3.05, 3.63) is 131 Å². The van der Waals surface area contributed by atoms with Crippen LogP contribution in [0.1, 0.15) is 95.4 Å². The molecule has 0 saturated heterocycles. The largest absolute Gasteiger partial charge is 1.00 e. The zero-order chi connectivity index (χ0) is 34.3. The van der Waals surface area contributed by atoms with Gasteiger partial charge in [-0.05, 0) is 45.9 Å². The van der Waals surface area contributed by atoms with Gasteiger partial charge in [-0.15, -0.1) is 69.1 Å². The van der Waals surface area contributed by atoms with Crippen LogP contribution in [0.3, 0.4) is 0 Å². The van der Waals surface area contributed by atoms with Crippen LogP contribution in [-0.4, -0.2) is 5.43 Å². The van der Waals surface area contributed by atoms with Gasteiger partial charge in [0.05, 0.1) is 0 Å². The van der Waals surface area contributed by atoms with Gasteiger partial charge in [-0.1, -0.05) is 134 Å². The molecule has 0 aromatic heterocycles. The van der Waals surface area contributed by atoms with Crippen LogP contribution in [0.4, 0.5) is 0 Å². The number of halogens is 2. The Bertz CT molecular complexity index is 1900. The summed E-state index contributed by atoms with van der Waals surface area (Å²) in [6.45, 7) is 22.6. The molecule has 258 valence electrons. The summed E-state index contributed by atoms with van der Waals surface area (Å²) in [5.74, 6) is 1.23. The van der Waals surface area contributed by atoms with Gasteiger partial charge in [-0.25, -0.2) is 0 Å². The second kappa shape index (κ2) is 19.4. The number of benzene rings is 4. The summed E-state index contributed by atoms with van der Waals surface area (Å²) >= 11 is 1.74. The number of hydrogen-bond donors (Lipinski definition) is 0. The van der Waals surface area contributed by atoms with Crippen molar-refractivity contribution in [2.75, 3.05) is 0 Å². The van der Waals surface area contributed by atoms with E-state index >= 15 is 0 Å². The Labute approximate surface area is 325 Å². The van der Waals surface area contributed by atoms with Crippen molar-refractivity contribution in [2.24, 2.45) is 0 Å². The average molecular weight is 785 g/mol. The van der Waals surface area contributed by atoms with Gasteiger partial charge in [0.1, 0.15) is 0 Å². The van der Waals surface area contributed by atoms with E-state index in [1.807, 2.05) is 0 Å². The summed E-state index contributed by atoms with van der Waals surface area (Å²) in [6, 6.07) is 40.6. The Morgan fingerprint density at radius 2 is 1.16 bits per heavy atom. The summed E-state index contributed by atoms with van der Waals surface area (Å²) < 4.78 is 0. The standard InChI is InChI=1S/C24H29.C19H19.C2H6Si.2ClH.Zr/c1-6-8-17(2)20-15-19-9-7-10-22(23(19)16-20)18-11-13-21(14-12-18)24(3,4)5;1-13(2)15-7-9-16(10-8-15)18-6-4-5-17-11-14(3)12-19(17)18;1-3-2;;;/h7,9-17H,6,8H2,1-5H3;4-13H,1-3H3;1-2H3;2*1H;/q2*-1;;;;+2/p-2. The van der Waals surface area contributed by atoms with Crippen molar-refractivity contribution < 1.29 is 48.1 Å². The van der Waals surface area contributed by atoms with Crippen LogP contribution in [0, 0.1) is 6.92 Å². The molecule has 6 aromatic carbocycles. The Morgan fingerprint density at radius 1 is 0.694 bits per heavy atom. The SMILES string of the molecule is CCCC(C)c1cc2c(-c3ccc(C(C)(C)C)cc3)cccc2[cH-]1.C[Si](C)=[Zr+2].Cc1cc2c(-c3ccc(C(C)C)cc3)cccc2[cH-]1.[Cl-].[Cl-]. The molecule has 0 N–H and O–H groups in total. The molecular weight excluding hydrogens is 731 g/mol. The Kier molecular flexibility index (Phi) is 17.0. The fraction of sp³-hybridized carbons (Fsp3) is 0.333. The molecule has 0 aliphatic carbocycles. The first-order valence-corrected chi connectivity index (χ1v) is 23.6. The third-order valence-corrected chi connectivity index (χ3v) is 8.91. The molecule has 0 saturated carbocycles. The minimum absolute atomic E-state index is 0. The van der Waals surface area contributed by atoms with Gasteiger partial charge < -0.3 is 24.8 Å². The summed E-state index contributed by atoms with van der Waals surface area (Å²) in [4.78, 5) is 0. The van der Waals surface area contributed by atoms with E-state index in [9.17, 15) is 0 Å². The van der Waals surface area contributed by atoms with E-state index in [0.29, 0.717) is 11.8 Å². The van der Waals surface area contributed by atoms with Crippen LogP contribution < -0.4 is 24.8 Å². The van der Waals surface area contributed by atoms with E-state index in [1.165, 1.54) is 78.9 Å². The monoisotopic (exact) mass is 782 g/mol. The van der Waals surface area contributed by atoms with Crippen LogP contribution in [0.15, 0.2) is 109 Å². The Morgan fingerprint density at radius 3 is 1.63 bits per heavy atom. The first-order valence-electron chi connectivity index (χ1n) is 17.4. The maximum absolute atomic E-state index is 2.41. The van der Waals surface area contributed by atoms with Gasteiger partial charge in [-0.2, -0.15) is 12.1 Å². The topological polar surface area (TPSA) is 0 Å². The maximum Gasteiger partial charge on any atom is -0.0219 e. The summed E-state index contributed by atoms with van der Waals surface area (Å²) in [7, 11) is 0. The first kappa shape index (κ1) is 42.9. The van der Waals surface area contributed by atoms with Crippen molar-refractivity contribution >= 4 is 27.0 Å². The molecule has 0 heterocycles. The van der Waals surface area contributed by atoms with Crippen LogP contribution in [0.5, 0.6) is 0 Å². The molecule has 0 radical (unpaired) electrons. The smallest absolute Gasteiger partial charge is 0.0219 e. The van der Waals surface area contributed by atoms with Crippen molar-refractivity contribution in [1.29, 1.82) is 0 Å². The molecule has 49 heavy (non-hydrogen) atoms. The van der Waals surface area contributed by atoms with E-state index < -0.39 is 0 Å². The third kappa shape index (κ3) is 11.7. The summed E-state index contributed by atoms with van der Waals surface area (Å²) in [5.41, 5.74) is 11.3. The molecule has 0 bridgehead atoms. The number of aryl methyl sites for hydroxylation is 1. The normalized spacial score (nSPS) is 11.5.